The Morgan fingerprint density at radius 2 is 2.05 bits per heavy atom. The van der Waals surface area contributed by atoms with Gasteiger partial charge < -0.3 is 10.4 Å². The number of benzene rings is 1. The molecule has 5 nitrogen and oxygen atoms in total. The van der Waals surface area contributed by atoms with Crippen LogP contribution in [0.3, 0.4) is 0 Å². The Balaban J connectivity index is 2.58. The van der Waals surface area contributed by atoms with Gasteiger partial charge >= 0.3 is 5.97 Å². The number of carbonyl (C=O) groups excluding carboxylic acids is 1. The third-order valence-corrected chi connectivity index (χ3v) is 3.13. The third-order valence-electron chi connectivity index (χ3n) is 2.46. The van der Waals surface area contributed by atoms with Crippen molar-refractivity contribution in [1.82, 2.24) is 4.90 Å². The van der Waals surface area contributed by atoms with E-state index in [0.717, 1.165) is 9.26 Å². The van der Waals surface area contributed by atoms with E-state index in [1.165, 1.54) is 0 Å². The molecule has 1 aromatic rings. The van der Waals surface area contributed by atoms with Crippen molar-refractivity contribution in [2.75, 3.05) is 25.0 Å². The van der Waals surface area contributed by atoms with E-state index in [4.69, 9.17) is 5.11 Å². The lowest BCUT2D eigenvalue weighted by atomic mass is 10.2. The van der Waals surface area contributed by atoms with Crippen molar-refractivity contribution >= 4 is 40.2 Å². The molecule has 0 spiro atoms. The average Bonchev–Trinajstić information content (AvgIpc) is 2.26. The molecule has 20 heavy (non-hydrogen) atoms. The lowest BCUT2D eigenvalue weighted by Gasteiger charge is -2.21. The molecule has 0 saturated heterocycles. The highest BCUT2D eigenvalue weighted by Crippen LogP contribution is 2.12. The Bertz CT molecular complexity index is 477. The van der Waals surface area contributed by atoms with Crippen LogP contribution in [-0.2, 0) is 9.59 Å². The monoisotopic (exact) mass is 390 g/mol. The predicted octanol–water partition coefficient (Wildman–Crippen LogP) is 2.27. The summed E-state index contributed by atoms with van der Waals surface area (Å²) in [7, 11) is 0. The van der Waals surface area contributed by atoms with Gasteiger partial charge in [0.25, 0.3) is 0 Å². The summed E-state index contributed by atoms with van der Waals surface area (Å²) in [5.74, 6) is -0.818. The molecule has 1 rings (SSSR count). The van der Waals surface area contributed by atoms with Crippen LogP contribution in [0.1, 0.15) is 13.8 Å². The summed E-state index contributed by atoms with van der Waals surface area (Å²) in [6.45, 7) is 4.51. The van der Waals surface area contributed by atoms with E-state index in [0.29, 0.717) is 12.5 Å². The van der Waals surface area contributed by atoms with Gasteiger partial charge in [0, 0.05) is 15.8 Å². The molecule has 0 aliphatic carbocycles. The van der Waals surface area contributed by atoms with E-state index in [2.05, 4.69) is 27.9 Å². The summed E-state index contributed by atoms with van der Waals surface area (Å²) in [6, 6.07) is 7.47. The van der Waals surface area contributed by atoms with Gasteiger partial charge in [0.15, 0.2) is 0 Å². The van der Waals surface area contributed by atoms with Crippen LogP contribution in [0.5, 0.6) is 0 Å². The second-order valence-corrected chi connectivity index (χ2v) is 6.26. The maximum Gasteiger partial charge on any atom is 0.317 e. The van der Waals surface area contributed by atoms with Crippen molar-refractivity contribution < 1.29 is 14.7 Å². The zero-order valence-corrected chi connectivity index (χ0v) is 13.8. The molecule has 0 radical (unpaired) electrons. The lowest BCUT2D eigenvalue weighted by molar-refractivity contribution is -0.138. The minimum atomic E-state index is -0.923. The Morgan fingerprint density at radius 1 is 1.35 bits per heavy atom. The number of amides is 1. The van der Waals surface area contributed by atoms with Gasteiger partial charge in [-0.15, -0.1) is 0 Å². The first-order valence-corrected chi connectivity index (χ1v) is 7.44. The van der Waals surface area contributed by atoms with Gasteiger partial charge in [0.1, 0.15) is 0 Å². The molecular weight excluding hydrogens is 371 g/mol. The molecule has 6 heteroatoms. The van der Waals surface area contributed by atoms with Crippen molar-refractivity contribution in [1.29, 1.82) is 0 Å². The molecule has 0 aromatic heterocycles. The second-order valence-electron chi connectivity index (χ2n) is 5.02. The smallest absolute Gasteiger partial charge is 0.317 e. The molecular formula is C14H19IN2O3. The Morgan fingerprint density at radius 3 is 2.60 bits per heavy atom. The summed E-state index contributed by atoms with van der Waals surface area (Å²) < 4.78 is 1.03. The van der Waals surface area contributed by atoms with Gasteiger partial charge in [-0.1, -0.05) is 19.9 Å². The first-order chi connectivity index (χ1) is 9.36. The fraction of sp³-hybridized carbons (Fsp3) is 0.429. The molecule has 0 heterocycles. The number of carboxylic acid groups (broad SMARTS) is 1. The molecule has 0 bridgehead atoms. The topological polar surface area (TPSA) is 69.6 Å². The molecule has 0 saturated carbocycles. The van der Waals surface area contributed by atoms with Gasteiger partial charge in [0.2, 0.25) is 5.91 Å². The molecule has 0 aliphatic rings. The van der Waals surface area contributed by atoms with Gasteiger partial charge in [-0.05, 0) is 46.7 Å². The van der Waals surface area contributed by atoms with E-state index >= 15 is 0 Å². The number of rotatable bonds is 7. The van der Waals surface area contributed by atoms with Crippen LogP contribution >= 0.6 is 22.6 Å². The van der Waals surface area contributed by atoms with Gasteiger partial charge in [-0.3, -0.25) is 14.5 Å². The molecule has 1 aromatic carbocycles. The van der Waals surface area contributed by atoms with E-state index < -0.39 is 5.97 Å². The third kappa shape index (κ3) is 6.85. The Kier molecular flexibility index (Phi) is 6.94. The zero-order valence-electron chi connectivity index (χ0n) is 11.6. The predicted molar refractivity (Wildman–Crippen MR) is 86.7 cm³/mol. The number of nitrogens with one attached hydrogen (secondary N) is 1. The van der Waals surface area contributed by atoms with Gasteiger partial charge in [0.05, 0.1) is 13.1 Å². The molecule has 0 aliphatic heterocycles. The maximum atomic E-state index is 11.9. The Labute approximate surface area is 132 Å². The molecule has 0 unspecified atom stereocenters. The number of aliphatic carboxylic acids is 1. The van der Waals surface area contributed by atoms with E-state index in [1.54, 1.807) is 4.90 Å². The number of nitrogens with zero attached hydrogens (tertiary/aromatic N) is 1. The van der Waals surface area contributed by atoms with Crippen molar-refractivity contribution in [3.63, 3.8) is 0 Å². The van der Waals surface area contributed by atoms with Crippen LogP contribution in [0, 0.1) is 9.49 Å². The van der Waals surface area contributed by atoms with Crippen LogP contribution < -0.4 is 5.32 Å². The maximum absolute atomic E-state index is 11.9. The highest BCUT2D eigenvalue weighted by molar-refractivity contribution is 14.1. The summed E-state index contributed by atoms with van der Waals surface area (Å²) in [6.07, 6.45) is 0. The number of anilines is 1. The number of hydrogen-bond donors (Lipinski definition) is 2. The fourth-order valence-corrected chi connectivity index (χ4v) is 2.41. The van der Waals surface area contributed by atoms with Crippen molar-refractivity contribution in [2.45, 2.75) is 13.8 Å². The second kappa shape index (κ2) is 8.21. The van der Waals surface area contributed by atoms with Crippen LogP contribution in [0.25, 0.3) is 0 Å². The fourth-order valence-electron chi connectivity index (χ4n) is 1.86. The van der Waals surface area contributed by atoms with Crippen LogP contribution in [-0.4, -0.2) is 41.5 Å². The highest BCUT2D eigenvalue weighted by Gasteiger charge is 2.15. The molecule has 2 N–H and O–H groups in total. The number of carboxylic acids is 1. The van der Waals surface area contributed by atoms with Gasteiger partial charge in [-0.25, -0.2) is 0 Å². The van der Waals surface area contributed by atoms with Crippen molar-refractivity contribution in [2.24, 2.45) is 5.92 Å². The van der Waals surface area contributed by atoms with Crippen molar-refractivity contribution in [3.05, 3.63) is 27.8 Å². The number of carbonyl (C=O) groups is 2. The molecule has 0 fully saturated rings. The number of halogens is 1. The van der Waals surface area contributed by atoms with E-state index in [-0.39, 0.29) is 19.0 Å². The normalized spacial score (nSPS) is 10.8. The standard InChI is InChI=1S/C14H19IN2O3/c1-10(2)7-17(9-14(19)20)8-13(18)16-12-5-3-4-11(15)6-12/h3-6,10H,7-9H2,1-2H3,(H,16,18)(H,19,20). The van der Waals surface area contributed by atoms with E-state index in [1.807, 2.05) is 38.1 Å². The van der Waals surface area contributed by atoms with Crippen molar-refractivity contribution in [3.8, 4) is 0 Å². The van der Waals surface area contributed by atoms with Crippen LogP contribution in [0.15, 0.2) is 24.3 Å². The summed E-state index contributed by atoms with van der Waals surface area (Å²) in [5, 5.41) is 11.6. The molecule has 1 amide bonds. The number of hydrogen-bond acceptors (Lipinski definition) is 3. The first-order valence-electron chi connectivity index (χ1n) is 6.36. The lowest BCUT2D eigenvalue weighted by Crippen LogP contribution is -2.39. The van der Waals surface area contributed by atoms with Gasteiger partial charge in [-0.2, -0.15) is 0 Å². The van der Waals surface area contributed by atoms with E-state index in [9.17, 15) is 9.59 Å². The minimum Gasteiger partial charge on any atom is -0.480 e. The summed E-state index contributed by atoms with van der Waals surface area (Å²) >= 11 is 2.17. The minimum absolute atomic E-state index is 0.0793. The highest BCUT2D eigenvalue weighted by atomic mass is 127. The molecule has 110 valence electrons. The first kappa shape index (κ1) is 16.9. The zero-order chi connectivity index (χ0) is 15.1. The largest absolute Gasteiger partial charge is 0.480 e. The summed E-state index contributed by atoms with van der Waals surface area (Å²) in [4.78, 5) is 24.4. The Hall–Kier alpha value is -1.15. The average molecular weight is 390 g/mol. The molecule has 0 atom stereocenters. The summed E-state index contributed by atoms with van der Waals surface area (Å²) in [5.41, 5.74) is 0.724. The van der Waals surface area contributed by atoms with Crippen LogP contribution in [0.2, 0.25) is 0 Å². The van der Waals surface area contributed by atoms with Crippen LogP contribution in [0.4, 0.5) is 5.69 Å². The SMILES string of the molecule is CC(C)CN(CC(=O)O)CC(=O)Nc1cccc(I)c1. The quantitative estimate of drug-likeness (QED) is 0.701.